The minimum atomic E-state index is -0.498. The van der Waals surface area contributed by atoms with Gasteiger partial charge in [0.1, 0.15) is 6.04 Å². The minimum absolute atomic E-state index is 0.00509. The van der Waals surface area contributed by atoms with Crippen LogP contribution in [-0.2, 0) is 16.1 Å². The number of likely N-dealkylation sites (tertiary alicyclic amines) is 1. The maximum atomic E-state index is 14.0. The topological polar surface area (TPSA) is 83.4 Å². The summed E-state index contributed by atoms with van der Waals surface area (Å²) in [5.74, 6) is 0.0307. The summed E-state index contributed by atoms with van der Waals surface area (Å²) in [5.41, 5.74) is 1.63. The summed E-state index contributed by atoms with van der Waals surface area (Å²) in [6.07, 6.45) is 9.06. The Morgan fingerprint density at radius 3 is 2.46 bits per heavy atom. The Balaban J connectivity index is 1.60. The first kappa shape index (κ1) is 27.6. The van der Waals surface area contributed by atoms with E-state index < -0.39 is 6.04 Å². The lowest BCUT2D eigenvalue weighted by Gasteiger charge is -2.35. The molecule has 0 bridgehead atoms. The van der Waals surface area contributed by atoms with Crippen LogP contribution in [0.3, 0.4) is 0 Å². The molecule has 1 aliphatic carbocycles. The number of nitrogens with one attached hydrogen (secondary N) is 2. The molecule has 0 radical (unpaired) electrons. The molecule has 1 aliphatic heterocycles. The quantitative estimate of drug-likeness (QED) is 0.458. The second kappa shape index (κ2) is 12.0. The highest BCUT2D eigenvalue weighted by Crippen LogP contribution is 2.32. The van der Waals surface area contributed by atoms with Gasteiger partial charge in [-0.2, -0.15) is 0 Å². The number of Topliss-reactive ketones (excluding diaryl/α,β-unsaturated/α-hetero) is 1. The number of nitrogens with zero attached hydrogens (tertiary/aromatic N) is 2. The van der Waals surface area contributed by atoms with Gasteiger partial charge >= 0.3 is 0 Å². The molecule has 2 N–H and O–H groups in total. The first-order valence-corrected chi connectivity index (χ1v) is 14.2. The van der Waals surface area contributed by atoms with E-state index in [1.54, 1.807) is 7.05 Å². The van der Waals surface area contributed by atoms with Crippen molar-refractivity contribution in [1.82, 2.24) is 20.1 Å². The largest absolute Gasteiger partial charge is 0.345 e. The van der Waals surface area contributed by atoms with E-state index in [2.05, 4.69) is 15.2 Å². The number of rotatable bonds is 9. The lowest BCUT2D eigenvalue weighted by atomic mass is 9.83. The number of ketones is 1. The maximum absolute atomic E-state index is 14.0. The van der Waals surface area contributed by atoms with E-state index in [-0.39, 0.29) is 41.5 Å². The molecule has 2 amide bonds. The van der Waals surface area contributed by atoms with Crippen molar-refractivity contribution in [2.75, 3.05) is 13.6 Å². The summed E-state index contributed by atoms with van der Waals surface area (Å²) in [6, 6.07) is 4.81. The van der Waals surface area contributed by atoms with E-state index in [1.807, 2.05) is 50.1 Å². The van der Waals surface area contributed by atoms with E-state index in [4.69, 9.17) is 11.6 Å². The molecule has 2 aromatic rings. The standard InChI is InChI=1S/C29H41ClN4O3/c1-18(2)27(35)24-17-33(25-13-12-21(30)15-23(24)25)16-22-11-8-14-34(22)29(37)26(20-9-6-5-7-10-20)32-28(36)19(3)31-4/h12-13,15,17-20,22,26,31H,5-11,14,16H2,1-4H3,(H,32,36). The van der Waals surface area contributed by atoms with Crippen LogP contribution in [0.5, 0.6) is 0 Å². The van der Waals surface area contributed by atoms with Crippen molar-refractivity contribution in [2.24, 2.45) is 11.8 Å². The Morgan fingerprint density at radius 1 is 1.05 bits per heavy atom. The van der Waals surface area contributed by atoms with Crippen LogP contribution in [0.2, 0.25) is 5.02 Å². The third-order valence-electron chi connectivity index (χ3n) is 8.21. The molecule has 3 atom stereocenters. The van der Waals surface area contributed by atoms with E-state index in [0.29, 0.717) is 23.7 Å². The first-order chi connectivity index (χ1) is 17.7. The molecule has 1 aromatic carbocycles. The van der Waals surface area contributed by atoms with Crippen LogP contribution in [0.25, 0.3) is 10.9 Å². The number of aromatic nitrogens is 1. The van der Waals surface area contributed by atoms with Gasteiger partial charge in [0.25, 0.3) is 0 Å². The number of benzene rings is 1. The molecule has 3 unspecified atom stereocenters. The van der Waals surface area contributed by atoms with Crippen LogP contribution in [0.1, 0.15) is 76.1 Å². The van der Waals surface area contributed by atoms with E-state index >= 15 is 0 Å². The number of hydrogen-bond donors (Lipinski definition) is 2. The van der Waals surface area contributed by atoms with Crippen molar-refractivity contribution < 1.29 is 14.4 Å². The molecule has 1 saturated heterocycles. The van der Waals surface area contributed by atoms with Crippen LogP contribution in [0, 0.1) is 11.8 Å². The third kappa shape index (κ3) is 6.04. The molecule has 0 spiro atoms. The Labute approximate surface area is 225 Å². The Kier molecular flexibility index (Phi) is 8.96. The van der Waals surface area contributed by atoms with Crippen molar-refractivity contribution in [1.29, 1.82) is 0 Å². The average molecular weight is 529 g/mol. The maximum Gasteiger partial charge on any atom is 0.245 e. The van der Waals surface area contributed by atoms with Crippen LogP contribution in [-0.4, -0.2) is 58.8 Å². The average Bonchev–Trinajstić information content (AvgIpc) is 3.50. The highest BCUT2D eigenvalue weighted by atomic mass is 35.5. The smallest absolute Gasteiger partial charge is 0.245 e. The molecule has 202 valence electrons. The number of carbonyl (C=O) groups excluding carboxylic acids is 3. The zero-order valence-corrected chi connectivity index (χ0v) is 23.3. The summed E-state index contributed by atoms with van der Waals surface area (Å²) in [7, 11) is 1.76. The predicted octanol–water partition coefficient (Wildman–Crippen LogP) is 4.80. The Morgan fingerprint density at radius 2 is 1.78 bits per heavy atom. The molecule has 1 saturated carbocycles. The SMILES string of the molecule is CNC(C)C(=O)NC(C(=O)N1CCCC1Cn1cc(C(=O)C(C)C)c2cc(Cl)ccc21)C1CCCCC1. The van der Waals surface area contributed by atoms with Gasteiger partial charge in [-0.15, -0.1) is 0 Å². The highest BCUT2D eigenvalue weighted by Gasteiger charge is 2.39. The molecule has 4 rings (SSSR count). The molecule has 2 aliphatic rings. The fourth-order valence-electron chi connectivity index (χ4n) is 5.91. The molecule has 37 heavy (non-hydrogen) atoms. The summed E-state index contributed by atoms with van der Waals surface area (Å²) < 4.78 is 2.11. The van der Waals surface area contributed by atoms with Crippen molar-refractivity contribution in [3.63, 3.8) is 0 Å². The van der Waals surface area contributed by atoms with Gasteiger partial charge in [-0.05, 0) is 63.8 Å². The van der Waals surface area contributed by atoms with Crippen LogP contribution in [0.15, 0.2) is 24.4 Å². The summed E-state index contributed by atoms with van der Waals surface area (Å²) >= 11 is 6.29. The highest BCUT2D eigenvalue weighted by molar-refractivity contribution is 6.31. The Bertz CT molecular complexity index is 1140. The monoisotopic (exact) mass is 528 g/mol. The number of halogens is 1. The number of likely N-dealkylation sites (N-methyl/N-ethyl adjacent to an activating group) is 1. The minimum Gasteiger partial charge on any atom is -0.345 e. The van der Waals surface area contributed by atoms with Gasteiger partial charge in [0, 0.05) is 52.7 Å². The van der Waals surface area contributed by atoms with Crippen LogP contribution < -0.4 is 10.6 Å². The second-order valence-electron chi connectivity index (χ2n) is 11.1. The van der Waals surface area contributed by atoms with E-state index in [0.717, 1.165) is 49.4 Å². The molecule has 1 aromatic heterocycles. The van der Waals surface area contributed by atoms with Gasteiger partial charge in [-0.1, -0.05) is 44.7 Å². The summed E-state index contributed by atoms with van der Waals surface area (Å²) in [5, 5.41) is 7.55. The van der Waals surface area contributed by atoms with Crippen molar-refractivity contribution in [2.45, 2.75) is 90.4 Å². The fourth-order valence-corrected chi connectivity index (χ4v) is 6.08. The number of amides is 2. The molecule has 2 fully saturated rings. The van der Waals surface area contributed by atoms with Crippen LogP contribution in [0.4, 0.5) is 0 Å². The predicted molar refractivity (Wildman–Crippen MR) is 148 cm³/mol. The van der Waals surface area contributed by atoms with Gasteiger partial charge in [0.2, 0.25) is 11.8 Å². The number of hydrogen-bond acceptors (Lipinski definition) is 4. The summed E-state index contributed by atoms with van der Waals surface area (Å²) in [4.78, 5) is 41.8. The van der Waals surface area contributed by atoms with Crippen LogP contribution >= 0.6 is 11.6 Å². The zero-order valence-electron chi connectivity index (χ0n) is 22.6. The summed E-state index contributed by atoms with van der Waals surface area (Å²) in [6.45, 7) is 6.92. The third-order valence-corrected chi connectivity index (χ3v) is 8.45. The Hall–Kier alpha value is -2.38. The normalized spacial score (nSPS) is 20.4. The van der Waals surface area contributed by atoms with Crippen molar-refractivity contribution in [3.05, 3.63) is 35.0 Å². The van der Waals surface area contributed by atoms with Crippen molar-refractivity contribution >= 4 is 40.1 Å². The second-order valence-corrected chi connectivity index (χ2v) is 11.5. The molecule has 7 nitrogen and oxygen atoms in total. The number of carbonyl (C=O) groups is 3. The fraction of sp³-hybridized carbons (Fsp3) is 0.621. The van der Waals surface area contributed by atoms with Gasteiger partial charge in [-0.3, -0.25) is 14.4 Å². The van der Waals surface area contributed by atoms with Gasteiger partial charge in [0.15, 0.2) is 5.78 Å². The van der Waals surface area contributed by atoms with Crippen molar-refractivity contribution in [3.8, 4) is 0 Å². The number of fused-ring (bicyclic) bond motifs is 1. The first-order valence-electron chi connectivity index (χ1n) is 13.8. The van der Waals surface area contributed by atoms with Gasteiger partial charge < -0.3 is 20.1 Å². The molecule has 8 heteroatoms. The zero-order chi connectivity index (χ0) is 26.7. The lowest BCUT2D eigenvalue weighted by Crippen LogP contribution is -2.56. The van der Waals surface area contributed by atoms with Gasteiger partial charge in [0.05, 0.1) is 6.04 Å². The molecule has 2 heterocycles. The van der Waals surface area contributed by atoms with E-state index in [9.17, 15) is 14.4 Å². The van der Waals surface area contributed by atoms with E-state index in [1.165, 1.54) is 6.42 Å². The van der Waals surface area contributed by atoms with Gasteiger partial charge in [-0.25, -0.2) is 0 Å². The molecular formula is C29H41ClN4O3. The molecular weight excluding hydrogens is 488 g/mol. The lowest BCUT2D eigenvalue weighted by molar-refractivity contribution is -0.139.